The van der Waals surface area contributed by atoms with E-state index in [-0.39, 0.29) is 10.6 Å². The minimum atomic E-state index is -0.432. The highest BCUT2D eigenvalue weighted by atomic mass is 32.1. The summed E-state index contributed by atoms with van der Waals surface area (Å²) in [5.41, 5.74) is 0. The van der Waals surface area contributed by atoms with Gasteiger partial charge in [0.2, 0.25) is 5.82 Å². The molecule has 0 saturated carbocycles. The lowest BCUT2D eigenvalue weighted by Crippen LogP contribution is -2.31. The van der Waals surface area contributed by atoms with Gasteiger partial charge in [-0.3, -0.25) is 10.1 Å². The largest absolute Gasteiger partial charge is 0.338 e. The molecule has 9 heteroatoms. The topological polar surface area (TPSA) is 105 Å². The molecule has 0 bridgehead atoms. The van der Waals surface area contributed by atoms with E-state index in [0.29, 0.717) is 6.54 Å². The summed E-state index contributed by atoms with van der Waals surface area (Å²) >= 11 is 0.830. The Hall–Kier alpha value is -2.16. The second kappa shape index (κ2) is 6.14. The molecule has 0 radical (unpaired) electrons. The summed E-state index contributed by atoms with van der Waals surface area (Å²) in [6.45, 7) is 3.21. The number of hydrogen-bond acceptors (Lipinski definition) is 5. The molecule has 8 nitrogen and oxygen atoms in total. The van der Waals surface area contributed by atoms with Crippen molar-refractivity contribution >= 4 is 23.4 Å². The Balaban J connectivity index is 1.69. The molecular formula is C10H14N6O2S. The molecule has 102 valence electrons. The van der Waals surface area contributed by atoms with Crippen molar-refractivity contribution in [2.45, 2.75) is 19.9 Å². The maximum atomic E-state index is 11.5. The number of rotatable bonds is 5. The first kappa shape index (κ1) is 13.3. The number of imidazole rings is 1. The van der Waals surface area contributed by atoms with Crippen LogP contribution in [0.3, 0.4) is 0 Å². The number of aromatic amines is 1. The van der Waals surface area contributed by atoms with E-state index in [1.165, 1.54) is 0 Å². The molecule has 0 aromatic carbocycles. The van der Waals surface area contributed by atoms with E-state index >= 15 is 0 Å². The third kappa shape index (κ3) is 3.65. The zero-order valence-electron chi connectivity index (χ0n) is 10.3. The van der Waals surface area contributed by atoms with E-state index in [4.69, 9.17) is 0 Å². The van der Waals surface area contributed by atoms with E-state index < -0.39 is 6.03 Å². The fourth-order valence-corrected chi connectivity index (χ4v) is 1.94. The minimum Gasteiger partial charge on any atom is -0.338 e. The van der Waals surface area contributed by atoms with Crippen LogP contribution in [0.25, 0.3) is 0 Å². The number of aromatic nitrogens is 4. The Morgan fingerprint density at radius 2 is 2.42 bits per heavy atom. The van der Waals surface area contributed by atoms with Crippen LogP contribution in [0.2, 0.25) is 0 Å². The van der Waals surface area contributed by atoms with Crippen LogP contribution in [0, 0.1) is 6.92 Å². The third-order valence-corrected chi connectivity index (χ3v) is 3.07. The number of amides is 2. The molecule has 2 rings (SSSR count). The number of urea groups is 1. The molecule has 2 aromatic heterocycles. The van der Waals surface area contributed by atoms with E-state index in [9.17, 15) is 9.59 Å². The van der Waals surface area contributed by atoms with Gasteiger partial charge in [-0.1, -0.05) is 0 Å². The van der Waals surface area contributed by atoms with Crippen LogP contribution >= 0.6 is 11.5 Å². The average molecular weight is 282 g/mol. The van der Waals surface area contributed by atoms with Crippen LogP contribution in [-0.4, -0.2) is 31.7 Å². The Bertz CT molecular complexity index is 601. The Kier molecular flexibility index (Phi) is 4.29. The minimum absolute atomic E-state index is 0.0213. The van der Waals surface area contributed by atoms with E-state index in [0.717, 1.165) is 30.3 Å². The third-order valence-electron chi connectivity index (χ3n) is 2.51. The van der Waals surface area contributed by atoms with Crippen LogP contribution in [-0.2, 0) is 6.54 Å². The fraction of sp³-hybridized carbons (Fsp3) is 0.400. The van der Waals surface area contributed by atoms with Crippen LogP contribution in [0.4, 0.5) is 10.6 Å². The summed E-state index contributed by atoms with van der Waals surface area (Å²) in [6.07, 6.45) is 4.41. The number of aryl methyl sites for hydroxylation is 2. The van der Waals surface area contributed by atoms with Crippen molar-refractivity contribution in [1.29, 1.82) is 0 Å². The lowest BCUT2D eigenvalue weighted by atomic mass is 10.4. The number of carbonyl (C=O) groups is 1. The summed E-state index contributed by atoms with van der Waals surface area (Å²) in [7, 11) is 0. The highest BCUT2D eigenvalue weighted by molar-refractivity contribution is 7.03. The second-order valence-corrected chi connectivity index (χ2v) is 4.60. The lowest BCUT2D eigenvalue weighted by molar-refractivity contribution is 0.251. The normalized spacial score (nSPS) is 10.4. The van der Waals surface area contributed by atoms with Crippen molar-refractivity contribution in [3.63, 3.8) is 0 Å². The number of H-pyrrole nitrogens is 1. The average Bonchev–Trinajstić information content (AvgIpc) is 2.95. The first-order valence-electron chi connectivity index (χ1n) is 5.73. The zero-order chi connectivity index (χ0) is 13.7. The first-order chi connectivity index (χ1) is 9.16. The number of nitrogens with one attached hydrogen (secondary N) is 3. The molecule has 2 aromatic rings. The molecule has 0 aliphatic carbocycles. The van der Waals surface area contributed by atoms with Gasteiger partial charge in [0.15, 0.2) is 0 Å². The number of carbonyl (C=O) groups excluding carboxylic acids is 1. The van der Waals surface area contributed by atoms with Gasteiger partial charge in [-0.25, -0.2) is 14.3 Å². The van der Waals surface area contributed by atoms with Crippen molar-refractivity contribution in [2.24, 2.45) is 0 Å². The van der Waals surface area contributed by atoms with Crippen molar-refractivity contribution in [3.05, 3.63) is 27.8 Å². The maximum absolute atomic E-state index is 11.5. The lowest BCUT2D eigenvalue weighted by Gasteiger charge is -2.06. The highest BCUT2D eigenvalue weighted by Gasteiger charge is 2.07. The summed E-state index contributed by atoms with van der Waals surface area (Å²) < 4.78 is 4.12. The molecule has 0 fully saturated rings. The monoisotopic (exact) mass is 282 g/mol. The standard InChI is InChI=1S/C10H14N6O2S/c1-7-11-4-6-16(7)5-2-3-12-10(18)13-8-9(17)19-15-14-8/h4,6,15H,2-3,5H2,1H3,(H2,12,13,14,18). The number of hydrogen-bond donors (Lipinski definition) is 3. The smallest absolute Gasteiger partial charge is 0.320 e. The van der Waals surface area contributed by atoms with Crippen molar-refractivity contribution < 1.29 is 4.79 Å². The van der Waals surface area contributed by atoms with Crippen molar-refractivity contribution in [1.82, 2.24) is 24.5 Å². The van der Waals surface area contributed by atoms with E-state index in [2.05, 4.69) is 25.2 Å². The molecule has 0 aliphatic rings. The van der Waals surface area contributed by atoms with Gasteiger partial charge in [0.25, 0.3) is 4.74 Å². The molecule has 0 atom stereocenters. The highest BCUT2D eigenvalue weighted by Crippen LogP contribution is 1.97. The molecular weight excluding hydrogens is 268 g/mol. The van der Waals surface area contributed by atoms with Crippen LogP contribution in [0.15, 0.2) is 17.2 Å². The van der Waals surface area contributed by atoms with Crippen LogP contribution in [0.5, 0.6) is 0 Å². The summed E-state index contributed by atoms with van der Waals surface area (Å²) in [5, 5.41) is 8.67. The van der Waals surface area contributed by atoms with Crippen molar-refractivity contribution in [2.75, 3.05) is 11.9 Å². The maximum Gasteiger partial charge on any atom is 0.320 e. The molecule has 2 amide bonds. The zero-order valence-corrected chi connectivity index (χ0v) is 11.2. The quantitative estimate of drug-likeness (QED) is 0.696. The molecule has 0 saturated heterocycles. The van der Waals surface area contributed by atoms with Gasteiger partial charge in [-0.2, -0.15) is 0 Å². The van der Waals surface area contributed by atoms with E-state index in [1.807, 2.05) is 17.7 Å². The number of anilines is 1. The number of nitrogens with zero attached hydrogens (tertiary/aromatic N) is 3. The summed E-state index contributed by atoms with van der Waals surface area (Å²) in [5.74, 6) is 0.964. The Morgan fingerprint density at radius 3 is 3.05 bits per heavy atom. The molecule has 3 N–H and O–H groups in total. The Labute approximate surface area is 113 Å². The molecule has 2 heterocycles. The predicted octanol–water partition coefficient (Wildman–Crippen LogP) is 0.548. The predicted molar refractivity (Wildman–Crippen MR) is 71.3 cm³/mol. The Morgan fingerprint density at radius 1 is 1.58 bits per heavy atom. The summed E-state index contributed by atoms with van der Waals surface area (Å²) in [4.78, 5) is 26.7. The van der Waals surface area contributed by atoms with Gasteiger partial charge in [0, 0.05) is 37.0 Å². The van der Waals surface area contributed by atoms with Gasteiger partial charge in [-0.05, 0) is 13.3 Å². The molecule has 19 heavy (non-hydrogen) atoms. The summed E-state index contributed by atoms with van der Waals surface area (Å²) in [6, 6.07) is -0.432. The van der Waals surface area contributed by atoms with Gasteiger partial charge < -0.3 is 9.88 Å². The van der Waals surface area contributed by atoms with Gasteiger partial charge in [-0.15, -0.1) is 5.10 Å². The van der Waals surface area contributed by atoms with Crippen LogP contribution in [0.1, 0.15) is 12.2 Å². The SMILES string of the molecule is Cc1nccn1CCCNC(=O)Nc1n[nH]sc1=O. The van der Waals surface area contributed by atoms with Crippen LogP contribution < -0.4 is 15.4 Å². The second-order valence-electron chi connectivity index (χ2n) is 3.84. The van der Waals surface area contributed by atoms with Gasteiger partial charge in [0.1, 0.15) is 5.82 Å². The first-order valence-corrected chi connectivity index (χ1v) is 6.55. The molecule has 0 aliphatic heterocycles. The fourth-order valence-electron chi connectivity index (χ4n) is 1.53. The molecule has 0 spiro atoms. The van der Waals surface area contributed by atoms with Crippen molar-refractivity contribution in [3.8, 4) is 0 Å². The molecule has 0 unspecified atom stereocenters. The van der Waals surface area contributed by atoms with Gasteiger partial charge >= 0.3 is 6.03 Å². The van der Waals surface area contributed by atoms with Gasteiger partial charge in [0.05, 0.1) is 0 Å². The van der Waals surface area contributed by atoms with E-state index in [1.54, 1.807) is 6.20 Å².